The zero-order valence-corrected chi connectivity index (χ0v) is 16.7. The molecule has 0 unspecified atom stereocenters. The third kappa shape index (κ3) is 4.24. The van der Waals surface area contributed by atoms with Crippen molar-refractivity contribution in [1.82, 2.24) is 19.7 Å². The number of aromatic amines is 1. The fourth-order valence-electron chi connectivity index (χ4n) is 3.36. The van der Waals surface area contributed by atoms with Crippen molar-refractivity contribution in [2.24, 2.45) is 5.10 Å². The molecule has 1 aromatic carbocycles. The van der Waals surface area contributed by atoms with Crippen LogP contribution in [0.4, 0.5) is 0 Å². The lowest BCUT2D eigenvalue weighted by molar-refractivity contribution is 0.159. The van der Waals surface area contributed by atoms with Gasteiger partial charge in [-0.1, -0.05) is 13.3 Å². The minimum atomic E-state index is -0.0565. The second kappa shape index (κ2) is 8.43. The summed E-state index contributed by atoms with van der Waals surface area (Å²) in [6.45, 7) is 7.78. The summed E-state index contributed by atoms with van der Waals surface area (Å²) in [7, 11) is 3.75. The maximum absolute atomic E-state index is 13.1. The number of ether oxygens (including phenoxy) is 1. The van der Waals surface area contributed by atoms with Crippen LogP contribution >= 0.6 is 0 Å². The van der Waals surface area contributed by atoms with Crippen LogP contribution in [0.25, 0.3) is 5.69 Å². The first-order chi connectivity index (χ1) is 13.0. The number of aryl methyl sites for hydroxylation is 1. The van der Waals surface area contributed by atoms with E-state index in [1.54, 1.807) is 11.8 Å². The molecule has 7 nitrogen and oxygen atoms in total. The highest BCUT2D eigenvalue weighted by molar-refractivity contribution is 5.99. The quantitative estimate of drug-likeness (QED) is 0.790. The number of nitrogens with one attached hydrogen (secondary N) is 1. The summed E-state index contributed by atoms with van der Waals surface area (Å²) in [6.07, 6.45) is 1.76. The molecule has 1 saturated heterocycles. The number of rotatable bonds is 6. The molecule has 0 saturated carbocycles. The van der Waals surface area contributed by atoms with Gasteiger partial charge in [0.25, 0.3) is 5.56 Å². The molecule has 0 spiro atoms. The minimum Gasteiger partial charge on any atom is -0.497 e. The van der Waals surface area contributed by atoms with Crippen LogP contribution in [0.15, 0.2) is 34.2 Å². The van der Waals surface area contributed by atoms with Crippen LogP contribution in [0.3, 0.4) is 0 Å². The van der Waals surface area contributed by atoms with Crippen molar-refractivity contribution in [3.8, 4) is 11.4 Å². The van der Waals surface area contributed by atoms with Crippen molar-refractivity contribution < 1.29 is 4.74 Å². The first-order valence-corrected chi connectivity index (χ1v) is 9.51. The normalized spacial score (nSPS) is 16.0. The largest absolute Gasteiger partial charge is 0.497 e. The lowest BCUT2D eigenvalue weighted by atomic mass is 10.1. The lowest BCUT2D eigenvalue weighted by Crippen LogP contribution is -2.42. The SMILES string of the molecule is CCCc1[nH]n(-c2ccc(OC)cc2)c(=O)c1C(C)=NN1CCN(C)CC1. The van der Waals surface area contributed by atoms with Gasteiger partial charge in [0.1, 0.15) is 5.75 Å². The van der Waals surface area contributed by atoms with E-state index >= 15 is 0 Å². The molecule has 3 rings (SSSR count). The number of hydrazone groups is 1. The van der Waals surface area contributed by atoms with E-state index in [0.717, 1.165) is 61.9 Å². The van der Waals surface area contributed by atoms with Crippen molar-refractivity contribution in [2.45, 2.75) is 26.7 Å². The number of piperazine rings is 1. The van der Waals surface area contributed by atoms with E-state index in [0.29, 0.717) is 5.56 Å². The van der Waals surface area contributed by atoms with E-state index in [1.165, 1.54) is 0 Å². The molecule has 0 radical (unpaired) electrons. The summed E-state index contributed by atoms with van der Waals surface area (Å²) < 4.78 is 6.81. The van der Waals surface area contributed by atoms with Crippen LogP contribution in [0, 0.1) is 0 Å². The zero-order valence-electron chi connectivity index (χ0n) is 16.7. The number of aromatic nitrogens is 2. The molecular formula is C20H29N5O2. The number of hydrogen-bond donors (Lipinski definition) is 1. The molecule has 1 N–H and O–H groups in total. The van der Waals surface area contributed by atoms with E-state index in [4.69, 9.17) is 9.84 Å². The van der Waals surface area contributed by atoms with Crippen molar-refractivity contribution in [3.63, 3.8) is 0 Å². The Morgan fingerprint density at radius 2 is 1.85 bits per heavy atom. The topological polar surface area (TPSA) is 65.9 Å². The molecule has 2 heterocycles. The molecule has 1 aromatic heterocycles. The summed E-state index contributed by atoms with van der Waals surface area (Å²) in [5.41, 5.74) is 3.13. The molecule has 0 aliphatic carbocycles. The highest BCUT2D eigenvalue weighted by Crippen LogP contribution is 2.15. The van der Waals surface area contributed by atoms with Gasteiger partial charge in [-0.2, -0.15) is 5.10 Å². The molecule has 0 bridgehead atoms. The molecule has 27 heavy (non-hydrogen) atoms. The van der Waals surface area contributed by atoms with E-state index in [9.17, 15) is 4.79 Å². The molecule has 7 heteroatoms. The van der Waals surface area contributed by atoms with E-state index in [2.05, 4.69) is 29.0 Å². The third-order valence-corrected chi connectivity index (χ3v) is 4.93. The van der Waals surface area contributed by atoms with Crippen LogP contribution in [0.2, 0.25) is 0 Å². The average Bonchev–Trinajstić information content (AvgIpc) is 3.00. The smallest absolute Gasteiger partial charge is 0.280 e. The van der Waals surface area contributed by atoms with Gasteiger partial charge in [0.2, 0.25) is 0 Å². The third-order valence-electron chi connectivity index (χ3n) is 4.93. The molecule has 1 fully saturated rings. The average molecular weight is 371 g/mol. The van der Waals surface area contributed by atoms with Gasteiger partial charge in [0, 0.05) is 31.9 Å². The number of hydrogen-bond acceptors (Lipinski definition) is 5. The van der Waals surface area contributed by atoms with Gasteiger partial charge in [0.15, 0.2) is 0 Å². The van der Waals surface area contributed by atoms with Crippen molar-refractivity contribution >= 4 is 5.71 Å². The monoisotopic (exact) mass is 371 g/mol. The first kappa shape index (κ1) is 19.2. The van der Waals surface area contributed by atoms with Crippen LogP contribution in [0.1, 0.15) is 31.5 Å². The fraction of sp³-hybridized carbons (Fsp3) is 0.500. The second-order valence-electron chi connectivity index (χ2n) is 7.00. The van der Waals surface area contributed by atoms with Gasteiger partial charge in [-0.3, -0.25) is 14.9 Å². The van der Waals surface area contributed by atoms with Crippen LogP contribution in [-0.2, 0) is 6.42 Å². The summed E-state index contributed by atoms with van der Waals surface area (Å²) in [5, 5.41) is 10.1. The minimum absolute atomic E-state index is 0.0565. The van der Waals surface area contributed by atoms with Crippen molar-refractivity contribution in [2.75, 3.05) is 40.3 Å². The highest BCUT2D eigenvalue weighted by atomic mass is 16.5. The summed E-state index contributed by atoms with van der Waals surface area (Å²) >= 11 is 0. The van der Waals surface area contributed by atoms with Gasteiger partial charge in [-0.15, -0.1) is 0 Å². The van der Waals surface area contributed by atoms with Crippen LogP contribution in [0.5, 0.6) is 5.75 Å². The number of likely N-dealkylation sites (N-methyl/N-ethyl adjacent to an activating group) is 1. The number of benzene rings is 1. The predicted octanol–water partition coefficient (Wildman–Crippen LogP) is 2.10. The van der Waals surface area contributed by atoms with E-state index < -0.39 is 0 Å². The Balaban J connectivity index is 1.96. The molecule has 2 aromatic rings. The summed E-state index contributed by atoms with van der Waals surface area (Å²) in [4.78, 5) is 15.4. The van der Waals surface area contributed by atoms with Gasteiger partial charge >= 0.3 is 0 Å². The highest BCUT2D eigenvalue weighted by Gasteiger charge is 2.19. The Morgan fingerprint density at radius 1 is 1.19 bits per heavy atom. The molecule has 1 aliphatic rings. The first-order valence-electron chi connectivity index (χ1n) is 9.51. The lowest BCUT2D eigenvalue weighted by Gasteiger charge is -2.30. The second-order valence-corrected chi connectivity index (χ2v) is 7.00. The van der Waals surface area contributed by atoms with Crippen molar-refractivity contribution in [1.29, 1.82) is 0 Å². The van der Waals surface area contributed by atoms with Gasteiger partial charge in [-0.05, 0) is 44.7 Å². The van der Waals surface area contributed by atoms with Gasteiger partial charge in [0.05, 0.1) is 24.1 Å². The number of H-pyrrole nitrogens is 1. The van der Waals surface area contributed by atoms with E-state index in [-0.39, 0.29) is 5.56 Å². The fourth-order valence-corrected chi connectivity index (χ4v) is 3.36. The predicted molar refractivity (Wildman–Crippen MR) is 108 cm³/mol. The van der Waals surface area contributed by atoms with Crippen LogP contribution in [-0.4, -0.2) is 65.7 Å². The molecule has 0 amide bonds. The molecule has 0 atom stereocenters. The van der Waals surface area contributed by atoms with Gasteiger partial charge < -0.3 is 9.64 Å². The Bertz CT molecular complexity index is 842. The number of nitrogens with zero attached hydrogens (tertiary/aromatic N) is 4. The molecular weight excluding hydrogens is 342 g/mol. The summed E-state index contributed by atoms with van der Waals surface area (Å²) in [6, 6.07) is 7.46. The Morgan fingerprint density at radius 3 is 2.44 bits per heavy atom. The molecule has 146 valence electrons. The summed E-state index contributed by atoms with van der Waals surface area (Å²) in [5.74, 6) is 0.764. The Kier molecular flexibility index (Phi) is 6.01. The standard InChI is InChI=1S/C20H29N5O2/c1-5-6-18-19(15(2)21-24-13-11-23(3)12-14-24)20(26)25(22-18)16-7-9-17(27-4)10-8-16/h7-10,22H,5-6,11-14H2,1-4H3. The van der Waals surface area contributed by atoms with Crippen molar-refractivity contribution in [3.05, 3.63) is 45.9 Å². The molecule has 1 aliphatic heterocycles. The maximum atomic E-state index is 13.1. The maximum Gasteiger partial charge on any atom is 0.280 e. The Labute approximate surface area is 160 Å². The number of methoxy groups -OCH3 is 1. The van der Waals surface area contributed by atoms with Gasteiger partial charge in [-0.25, -0.2) is 4.68 Å². The Hall–Kier alpha value is -2.54. The zero-order chi connectivity index (χ0) is 19.4. The van der Waals surface area contributed by atoms with E-state index in [1.807, 2.05) is 31.2 Å². The van der Waals surface area contributed by atoms with Crippen LogP contribution < -0.4 is 10.3 Å².